The van der Waals surface area contributed by atoms with Crippen molar-refractivity contribution < 1.29 is 14.6 Å². The van der Waals surface area contributed by atoms with Gasteiger partial charge in [0.25, 0.3) is 15.9 Å². The molecule has 0 atom stereocenters. The van der Waals surface area contributed by atoms with Gasteiger partial charge >= 0.3 is 0 Å². The first-order chi connectivity index (χ1) is 17.8. The maximum Gasteiger partial charge on any atom is 0.264 e. The number of hydrogen-bond donors (Lipinski definition) is 1. The number of rotatable bonds is 13. The molecular weight excluding hydrogens is 500 g/mol. The molecule has 7 heteroatoms. The van der Waals surface area contributed by atoms with E-state index in [-0.39, 0.29) is 11.9 Å². The molecule has 0 aliphatic carbocycles. The molecule has 1 amide bonds. The lowest BCUT2D eigenvalue weighted by molar-refractivity contribution is 0.0981. The molecule has 0 saturated heterocycles. The van der Waals surface area contributed by atoms with Crippen molar-refractivity contribution in [3.05, 3.63) is 137 Å². The van der Waals surface area contributed by atoms with Gasteiger partial charge in [-0.2, -0.15) is 0 Å². The first-order valence-electron chi connectivity index (χ1n) is 11.9. The van der Waals surface area contributed by atoms with Crippen molar-refractivity contribution in [1.29, 1.82) is 0 Å². The number of sulfonamides is 1. The van der Waals surface area contributed by atoms with E-state index in [0.29, 0.717) is 6.54 Å². The third-order valence-electron chi connectivity index (χ3n) is 5.59. The number of allylic oxidation sites excluding steroid dienone is 3. The van der Waals surface area contributed by atoms with Crippen molar-refractivity contribution in [3.8, 4) is 0 Å². The molecule has 0 bridgehead atoms. The standard InChI is InChI=1S/C30H32N2O3S2.H2/c1-4-9-28(5-2)36-21-20-32(22-25-14-12-24(3)13-15-25)23-26-16-18-29(19-17-26)37(34,35)31-30(33)27-10-7-6-8-11-27;/h4-19H,1-2,20-23H2,3H3,(H,31,33);1H/b28-9+;. The molecule has 0 radical (unpaired) electrons. The Kier molecular flexibility index (Phi) is 10.5. The maximum absolute atomic E-state index is 12.7. The Hall–Kier alpha value is -3.39. The van der Waals surface area contributed by atoms with Crippen molar-refractivity contribution in [3.63, 3.8) is 0 Å². The van der Waals surface area contributed by atoms with Crippen molar-refractivity contribution in [1.82, 2.24) is 9.62 Å². The molecule has 0 aliphatic heterocycles. The molecule has 0 fully saturated rings. The third kappa shape index (κ3) is 8.89. The van der Waals surface area contributed by atoms with Crippen LogP contribution < -0.4 is 4.72 Å². The third-order valence-corrected chi connectivity index (χ3v) is 7.96. The van der Waals surface area contributed by atoms with Gasteiger partial charge in [-0.05, 0) is 48.4 Å². The minimum Gasteiger partial charge on any atom is -0.294 e. The Labute approximate surface area is 226 Å². The number of aryl methyl sites for hydroxylation is 1. The first-order valence-corrected chi connectivity index (χ1v) is 14.3. The Morgan fingerprint density at radius 3 is 2.11 bits per heavy atom. The lowest BCUT2D eigenvalue weighted by Crippen LogP contribution is -2.30. The number of carbonyl (C=O) groups excluding carboxylic acids is 1. The summed E-state index contributed by atoms with van der Waals surface area (Å²) in [6.45, 7) is 11.9. The number of nitrogens with one attached hydrogen (secondary N) is 1. The average Bonchev–Trinajstić information content (AvgIpc) is 2.90. The lowest BCUT2D eigenvalue weighted by Gasteiger charge is -2.23. The van der Waals surface area contributed by atoms with Gasteiger partial charge in [0, 0.05) is 37.3 Å². The van der Waals surface area contributed by atoms with Crippen molar-refractivity contribution in [2.24, 2.45) is 0 Å². The summed E-state index contributed by atoms with van der Waals surface area (Å²) in [5.74, 6) is 0.214. The Bertz CT molecular complexity index is 1340. The van der Waals surface area contributed by atoms with Crippen LogP contribution in [0.4, 0.5) is 0 Å². The van der Waals surface area contributed by atoms with Crippen LogP contribution in [-0.2, 0) is 23.1 Å². The van der Waals surface area contributed by atoms with Crippen LogP contribution in [0.5, 0.6) is 0 Å². The van der Waals surface area contributed by atoms with Gasteiger partial charge in [0.1, 0.15) is 0 Å². The molecule has 5 nitrogen and oxygen atoms in total. The van der Waals surface area contributed by atoms with E-state index in [1.807, 2.05) is 12.2 Å². The van der Waals surface area contributed by atoms with Gasteiger partial charge in [-0.3, -0.25) is 9.69 Å². The topological polar surface area (TPSA) is 66.5 Å². The summed E-state index contributed by atoms with van der Waals surface area (Å²) in [5.41, 5.74) is 3.70. The van der Waals surface area contributed by atoms with Gasteiger partial charge < -0.3 is 0 Å². The smallest absolute Gasteiger partial charge is 0.264 e. The largest absolute Gasteiger partial charge is 0.294 e. The molecule has 3 aromatic carbocycles. The summed E-state index contributed by atoms with van der Waals surface area (Å²) in [4.78, 5) is 15.8. The van der Waals surface area contributed by atoms with Gasteiger partial charge in [0.15, 0.2) is 0 Å². The van der Waals surface area contributed by atoms with Gasteiger partial charge in [-0.15, -0.1) is 11.8 Å². The molecule has 37 heavy (non-hydrogen) atoms. The quantitative estimate of drug-likeness (QED) is 0.259. The summed E-state index contributed by atoms with van der Waals surface area (Å²) in [5, 5.41) is 0. The average molecular weight is 535 g/mol. The SMILES string of the molecule is C=C/C=C(\C=C)SCCN(Cc1ccc(C)cc1)Cc1ccc(S(=O)(=O)NC(=O)c2ccccc2)cc1.[HH]. The van der Waals surface area contributed by atoms with Crippen LogP contribution in [0.2, 0.25) is 0 Å². The minimum atomic E-state index is -3.98. The highest BCUT2D eigenvalue weighted by molar-refractivity contribution is 8.03. The molecule has 0 unspecified atom stereocenters. The predicted octanol–water partition coefficient (Wildman–Crippen LogP) is 6.35. The van der Waals surface area contributed by atoms with E-state index in [2.05, 4.69) is 54.0 Å². The summed E-state index contributed by atoms with van der Waals surface area (Å²) in [7, 11) is -3.98. The number of nitrogens with zero attached hydrogens (tertiary/aromatic N) is 1. The summed E-state index contributed by atoms with van der Waals surface area (Å²) in [6.07, 6.45) is 5.52. The van der Waals surface area contributed by atoms with E-state index >= 15 is 0 Å². The molecule has 3 rings (SSSR count). The zero-order valence-electron chi connectivity index (χ0n) is 21.0. The Morgan fingerprint density at radius 1 is 0.946 bits per heavy atom. The van der Waals surface area contributed by atoms with Crippen LogP contribution in [0.3, 0.4) is 0 Å². The van der Waals surface area contributed by atoms with Crippen LogP contribution in [0.1, 0.15) is 28.5 Å². The normalized spacial score (nSPS) is 11.8. The molecule has 1 N–H and O–H groups in total. The monoisotopic (exact) mass is 534 g/mol. The summed E-state index contributed by atoms with van der Waals surface area (Å²) < 4.78 is 27.6. The molecule has 0 heterocycles. The fourth-order valence-corrected chi connectivity index (χ4v) is 5.48. The van der Waals surface area contributed by atoms with Gasteiger partial charge in [0.2, 0.25) is 0 Å². The van der Waals surface area contributed by atoms with Gasteiger partial charge in [-0.1, -0.05) is 85.5 Å². The molecule has 194 valence electrons. The van der Waals surface area contributed by atoms with Gasteiger partial charge in [-0.25, -0.2) is 13.1 Å². The number of hydrogen-bond acceptors (Lipinski definition) is 5. The van der Waals surface area contributed by atoms with Crippen molar-refractivity contribution >= 4 is 27.7 Å². The van der Waals surface area contributed by atoms with E-state index in [1.165, 1.54) is 23.3 Å². The number of benzene rings is 3. The molecular formula is C30H34N2O3S2. The second-order valence-corrected chi connectivity index (χ2v) is 11.3. The van der Waals surface area contributed by atoms with Crippen molar-refractivity contribution in [2.75, 3.05) is 12.3 Å². The predicted molar refractivity (Wildman–Crippen MR) is 156 cm³/mol. The van der Waals surface area contributed by atoms with Crippen LogP contribution in [-0.4, -0.2) is 31.5 Å². The molecule has 0 saturated carbocycles. The highest BCUT2D eigenvalue weighted by Gasteiger charge is 2.19. The maximum atomic E-state index is 12.7. The second kappa shape index (κ2) is 13.8. The fourth-order valence-electron chi connectivity index (χ4n) is 3.61. The summed E-state index contributed by atoms with van der Waals surface area (Å²) >= 11 is 1.72. The molecule has 3 aromatic rings. The van der Waals surface area contributed by atoms with E-state index in [0.717, 1.165) is 29.3 Å². The van der Waals surface area contributed by atoms with E-state index < -0.39 is 15.9 Å². The van der Waals surface area contributed by atoms with Crippen LogP contribution in [0.25, 0.3) is 0 Å². The van der Waals surface area contributed by atoms with E-state index in [9.17, 15) is 13.2 Å². The lowest BCUT2D eigenvalue weighted by atomic mass is 10.1. The molecule has 0 aromatic heterocycles. The fraction of sp³-hybridized carbons (Fsp3) is 0.167. The Morgan fingerprint density at radius 2 is 1.54 bits per heavy atom. The number of amides is 1. The Balaban J connectivity index is 0.00000507. The molecule has 0 aliphatic rings. The highest BCUT2D eigenvalue weighted by atomic mass is 32.2. The van der Waals surface area contributed by atoms with E-state index in [4.69, 9.17) is 0 Å². The van der Waals surface area contributed by atoms with Crippen molar-refractivity contribution in [2.45, 2.75) is 24.9 Å². The van der Waals surface area contributed by atoms with Crippen LogP contribution in [0.15, 0.2) is 120 Å². The first kappa shape index (κ1) is 28.2. The minimum absolute atomic E-state index is 0. The van der Waals surface area contributed by atoms with Crippen LogP contribution in [0, 0.1) is 6.92 Å². The molecule has 0 spiro atoms. The zero-order valence-corrected chi connectivity index (χ0v) is 22.6. The number of carbonyl (C=O) groups is 1. The van der Waals surface area contributed by atoms with Gasteiger partial charge in [0.05, 0.1) is 4.90 Å². The van der Waals surface area contributed by atoms with Crippen LogP contribution >= 0.6 is 11.8 Å². The number of thioether (sulfide) groups is 1. The second-order valence-electron chi connectivity index (χ2n) is 8.50. The van der Waals surface area contributed by atoms with E-state index in [1.54, 1.807) is 60.3 Å². The highest BCUT2D eigenvalue weighted by Crippen LogP contribution is 2.19. The summed E-state index contributed by atoms with van der Waals surface area (Å²) in [6, 6.07) is 23.4. The zero-order chi connectivity index (χ0) is 26.7.